The molecule has 0 bridgehead atoms. The number of methoxy groups -OCH3 is 2. The van der Waals surface area contributed by atoms with E-state index < -0.39 is 0 Å². The zero-order valence-corrected chi connectivity index (χ0v) is 15.7. The number of H-pyrrole nitrogens is 1. The van der Waals surface area contributed by atoms with Crippen LogP contribution in [0.25, 0.3) is 10.9 Å². The maximum absolute atomic E-state index is 12.1. The van der Waals surface area contributed by atoms with Gasteiger partial charge in [-0.1, -0.05) is 30.3 Å². The molecule has 2 heterocycles. The van der Waals surface area contributed by atoms with Gasteiger partial charge in [-0.2, -0.15) is 0 Å². The van der Waals surface area contributed by atoms with Crippen LogP contribution in [0, 0.1) is 0 Å². The number of rotatable bonds is 5. The highest BCUT2D eigenvalue weighted by Gasteiger charge is 2.32. The van der Waals surface area contributed by atoms with E-state index in [1.54, 1.807) is 7.11 Å². The molecular formula is C22H24N2O3. The van der Waals surface area contributed by atoms with Crippen molar-refractivity contribution in [1.82, 2.24) is 9.88 Å². The molecule has 0 aliphatic carbocycles. The Bertz CT molecular complexity index is 949. The number of benzene rings is 2. The van der Waals surface area contributed by atoms with Crippen LogP contribution >= 0.6 is 0 Å². The van der Waals surface area contributed by atoms with E-state index in [0.717, 1.165) is 36.5 Å². The van der Waals surface area contributed by atoms with Crippen LogP contribution in [0.1, 0.15) is 29.3 Å². The van der Waals surface area contributed by atoms with Crippen LogP contribution in [0.5, 0.6) is 5.75 Å². The molecule has 0 saturated heterocycles. The molecule has 0 radical (unpaired) electrons. The minimum absolute atomic E-state index is 0.0280. The van der Waals surface area contributed by atoms with Crippen LogP contribution in [-0.2, 0) is 22.5 Å². The van der Waals surface area contributed by atoms with Crippen molar-refractivity contribution in [2.24, 2.45) is 0 Å². The predicted molar refractivity (Wildman–Crippen MR) is 105 cm³/mol. The highest BCUT2D eigenvalue weighted by Crippen LogP contribution is 2.38. The summed E-state index contributed by atoms with van der Waals surface area (Å²) in [7, 11) is 3.13. The number of carbonyl (C=O) groups is 1. The highest BCUT2D eigenvalue weighted by atomic mass is 16.5. The van der Waals surface area contributed by atoms with Gasteiger partial charge >= 0.3 is 5.97 Å². The first kappa shape index (κ1) is 17.6. The topological polar surface area (TPSA) is 54.6 Å². The molecule has 3 aromatic rings. The van der Waals surface area contributed by atoms with Crippen molar-refractivity contribution >= 4 is 16.9 Å². The van der Waals surface area contributed by atoms with Gasteiger partial charge in [0.15, 0.2) is 0 Å². The number of hydrogen-bond acceptors (Lipinski definition) is 4. The van der Waals surface area contributed by atoms with E-state index in [1.807, 2.05) is 18.2 Å². The number of carbonyl (C=O) groups excluding carboxylic acids is 1. The molecule has 140 valence electrons. The van der Waals surface area contributed by atoms with Gasteiger partial charge in [-0.05, 0) is 35.7 Å². The zero-order valence-electron chi connectivity index (χ0n) is 15.7. The fraction of sp³-hybridized carbons (Fsp3) is 0.318. The lowest BCUT2D eigenvalue weighted by atomic mass is 9.94. The number of fused-ring (bicyclic) bond motifs is 3. The lowest BCUT2D eigenvalue weighted by Gasteiger charge is -2.35. The van der Waals surface area contributed by atoms with Gasteiger partial charge in [-0.15, -0.1) is 0 Å². The largest absolute Gasteiger partial charge is 0.497 e. The number of aromatic amines is 1. The maximum atomic E-state index is 12.1. The van der Waals surface area contributed by atoms with Crippen molar-refractivity contribution in [1.29, 1.82) is 0 Å². The third-order valence-corrected chi connectivity index (χ3v) is 5.39. The Morgan fingerprint density at radius 2 is 2.00 bits per heavy atom. The Morgan fingerprint density at radius 3 is 2.74 bits per heavy atom. The van der Waals surface area contributed by atoms with Gasteiger partial charge < -0.3 is 14.5 Å². The molecule has 5 heteroatoms. The first-order valence-electron chi connectivity index (χ1n) is 9.23. The molecular weight excluding hydrogens is 340 g/mol. The van der Waals surface area contributed by atoms with Gasteiger partial charge in [-0.3, -0.25) is 9.69 Å². The van der Waals surface area contributed by atoms with E-state index in [9.17, 15) is 4.79 Å². The number of nitrogens with zero attached hydrogens (tertiary/aromatic N) is 1. The Labute approximate surface area is 158 Å². The summed E-state index contributed by atoms with van der Waals surface area (Å²) in [6, 6.07) is 16.4. The summed E-state index contributed by atoms with van der Waals surface area (Å²) in [4.78, 5) is 18.0. The minimum atomic E-state index is -0.192. The van der Waals surface area contributed by atoms with Gasteiger partial charge in [0.05, 0.1) is 26.7 Å². The Balaban J connectivity index is 1.73. The molecule has 0 fully saturated rings. The third kappa shape index (κ3) is 3.43. The number of ether oxygens (including phenoxy) is 2. The Hall–Kier alpha value is -2.79. The van der Waals surface area contributed by atoms with Crippen LogP contribution in [0.2, 0.25) is 0 Å². The van der Waals surface area contributed by atoms with Crippen molar-refractivity contribution in [2.45, 2.75) is 25.4 Å². The highest BCUT2D eigenvalue weighted by molar-refractivity contribution is 5.87. The molecule has 1 aromatic heterocycles. The SMILES string of the molecule is COC(=O)CC1c2[nH]c3ccc(OC)cc3c2CCN1Cc1ccccc1. The molecule has 5 nitrogen and oxygen atoms in total. The molecule has 4 rings (SSSR count). The molecule has 1 aliphatic rings. The molecule has 1 unspecified atom stereocenters. The minimum Gasteiger partial charge on any atom is -0.497 e. The predicted octanol–water partition coefficient (Wildman–Crippen LogP) is 3.84. The Kier molecular flexibility index (Phi) is 4.86. The summed E-state index contributed by atoms with van der Waals surface area (Å²) >= 11 is 0. The quantitative estimate of drug-likeness (QED) is 0.699. The molecule has 0 amide bonds. The van der Waals surface area contributed by atoms with E-state index in [2.05, 4.69) is 40.2 Å². The summed E-state index contributed by atoms with van der Waals surface area (Å²) in [6.45, 7) is 1.70. The average molecular weight is 364 g/mol. The van der Waals surface area contributed by atoms with Gasteiger partial charge in [0.2, 0.25) is 0 Å². The fourth-order valence-corrected chi connectivity index (χ4v) is 4.00. The molecule has 27 heavy (non-hydrogen) atoms. The van der Waals surface area contributed by atoms with Gasteiger partial charge in [0.1, 0.15) is 5.75 Å². The summed E-state index contributed by atoms with van der Waals surface area (Å²) in [5.74, 6) is 0.655. The van der Waals surface area contributed by atoms with E-state index in [4.69, 9.17) is 9.47 Å². The number of aromatic nitrogens is 1. The molecule has 2 aromatic carbocycles. The smallest absolute Gasteiger partial charge is 0.307 e. The van der Waals surface area contributed by atoms with Crippen LogP contribution < -0.4 is 4.74 Å². The molecule has 0 spiro atoms. The second-order valence-electron chi connectivity index (χ2n) is 6.93. The lowest BCUT2D eigenvalue weighted by molar-refractivity contribution is -0.142. The van der Waals surface area contributed by atoms with Crippen molar-refractivity contribution in [3.05, 3.63) is 65.4 Å². The summed E-state index contributed by atoms with van der Waals surface area (Å²) < 4.78 is 10.4. The summed E-state index contributed by atoms with van der Waals surface area (Å²) in [6.07, 6.45) is 1.27. The van der Waals surface area contributed by atoms with Crippen LogP contribution in [-0.4, -0.2) is 36.6 Å². The zero-order chi connectivity index (χ0) is 18.8. The Morgan fingerprint density at radius 1 is 1.19 bits per heavy atom. The van der Waals surface area contributed by atoms with Gasteiger partial charge in [0.25, 0.3) is 0 Å². The van der Waals surface area contributed by atoms with E-state index in [0.29, 0.717) is 6.42 Å². The number of hydrogen-bond donors (Lipinski definition) is 1. The van der Waals surface area contributed by atoms with Crippen molar-refractivity contribution < 1.29 is 14.3 Å². The molecule has 1 aliphatic heterocycles. The second-order valence-corrected chi connectivity index (χ2v) is 6.93. The monoisotopic (exact) mass is 364 g/mol. The van der Waals surface area contributed by atoms with E-state index in [1.165, 1.54) is 23.6 Å². The number of nitrogens with one attached hydrogen (secondary N) is 1. The molecule has 0 saturated carbocycles. The van der Waals surface area contributed by atoms with E-state index >= 15 is 0 Å². The normalized spacial score (nSPS) is 16.9. The fourth-order valence-electron chi connectivity index (χ4n) is 4.00. The number of esters is 1. The second kappa shape index (κ2) is 7.45. The summed E-state index contributed by atoms with van der Waals surface area (Å²) in [5.41, 5.74) is 4.72. The van der Waals surface area contributed by atoms with Crippen molar-refractivity contribution in [3.63, 3.8) is 0 Å². The molecule has 1 atom stereocenters. The van der Waals surface area contributed by atoms with Crippen LogP contribution in [0.3, 0.4) is 0 Å². The first-order chi connectivity index (χ1) is 13.2. The van der Waals surface area contributed by atoms with E-state index in [-0.39, 0.29) is 12.0 Å². The van der Waals surface area contributed by atoms with Gasteiger partial charge in [-0.25, -0.2) is 0 Å². The average Bonchev–Trinajstić information content (AvgIpc) is 3.08. The first-order valence-corrected chi connectivity index (χ1v) is 9.23. The van der Waals surface area contributed by atoms with Crippen LogP contribution in [0.4, 0.5) is 0 Å². The van der Waals surface area contributed by atoms with Crippen molar-refractivity contribution in [3.8, 4) is 5.75 Å². The third-order valence-electron chi connectivity index (χ3n) is 5.39. The van der Waals surface area contributed by atoms with Crippen LogP contribution in [0.15, 0.2) is 48.5 Å². The standard InChI is InChI=1S/C22H24N2O3/c1-26-16-8-9-19-18(12-16)17-10-11-24(14-15-6-4-3-5-7-15)20(22(17)23-19)13-21(25)27-2/h3-9,12,20,23H,10-11,13-14H2,1-2H3. The maximum Gasteiger partial charge on any atom is 0.307 e. The van der Waals surface area contributed by atoms with Crippen molar-refractivity contribution in [2.75, 3.05) is 20.8 Å². The molecule has 1 N–H and O–H groups in total. The lowest BCUT2D eigenvalue weighted by Crippen LogP contribution is -2.36. The summed E-state index contributed by atoms with van der Waals surface area (Å²) in [5, 5.41) is 1.18. The van der Waals surface area contributed by atoms with Gasteiger partial charge in [0, 0.05) is 29.7 Å².